The van der Waals surface area contributed by atoms with Crippen molar-refractivity contribution in [3.05, 3.63) is 28.2 Å². The van der Waals surface area contributed by atoms with Crippen LogP contribution in [0.1, 0.15) is 38.3 Å². The summed E-state index contributed by atoms with van der Waals surface area (Å²) in [6, 6.07) is 6.36. The van der Waals surface area contributed by atoms with E-state index in [1.54, 1.807) is 0 Å². The van der Waals surface area contributed by atoms with E-state index in [1.807, 2.05) is 12.1 Å². The number of benzene rings is 1. The third-order valence-electron chi connectivity index (χ3n) is 3.35. The van der Waals surface area contributed by atoms with Crippen LogP contribution in [0.3, 0.4) is 0 Å². The summed E-state index contributed by atoms with van der Waals surface area (Å²) in [5, 5.41) is 13.4. The molecule has 0 amide bonds. The van der Waals surface area contributed by atoms with Gasteiger partial charge in [0.1, 0.15) is 5.75 Å². The van der Waals surface area contributed by atoms with Crippen molar-refractivity contribution in [1.29, 1.82) is 0 Å². The number of halogens is 1. The van der Waals surface area contributed by atoms with Crippen molar-refractivity contribution in [2.24, 2.45) is 5.92 Å². The zero-order chi connectivity index (χ0) is 13.8. The minimum Gasteiger partial charge on any atom is -0.493 e. The number of nitrogens with one attached hydrogen (secondary N) is 1. The Labute approximate surface area is 123 Å². The zero-order valence-corrected chi connectivity index (χ0v) is 13.1. The summed E-state index contributed by atoms with van der Waals surface area (Å²) in [6.45, 7) is 5.62. The quantitative estimate of drug-likeness (QED) is 0.872. The highest BCUT2D eigenvalue weighted by Gasteiger charge is 2.22. The highest BCUT2D eigenvalue weighted by atomic mass is 79.9. The van der Waals surface area contributed by atoms with Crippen LogP contribution < -0.4 is 10.1 Å². The molecular formula is C15H22BrNO2. The van der Waals surface area contributed by atoms with Gasteiger partial charge >= 0.3 is 0 Å². The van der Waals surface area contributed by atoms with Gasteiger partial charge in [-0.3, -0.25) is 0 Å². The predicted molar refractivity (Wildman–Crippen MR) is 80.5 cm³/mol. The molecule has 1 heterocycles. The molecule has 106 valence electrons. The SMILES string of the molecule is CC(C)CC(O)CNC1CCOc2ccc(Br)cc21. The lowest BCUT2D eigenvalue weighted by atomic mass is 9.99. The van der Waals surface area contributed by atoms with E-state index in [9.17, 15) is 5.11 Å². The van der Waals surface area contributed by atoms with Gasteiger partial charge in [-0.1, -0.05) is 29.8 Å². The summed E-state index contributed by atoms with van der Waals surface area (Å²) in [4.78, 5) is 0. The van der Waals surface area contributed by atoms with Crippen molar-refractivity contribution in [2.75, 3.05) is 13.2 Å². The van der Waals surface area contributed by atoms with Crippen molar-refractivity contribution < 1.29 is 9.84 Å². The Kier molecular flexibility index (Phi) is 5.25. The number of aliphatic hydroxyl groups is 1. The second kappa shape index (κ2) is 6.73. The monoisotopic (exact) mass is 327 g/mol. The Morgan fingerprint density at radius 1 is 1.47 bits per heavy atom. The molecule has 0 bridgehead atoms. The second-order valence-electron chi connectivity index (χ2n) is 5.56. The molecule has 19 heavy (non-hydrogen) atoms. The number of ether oxygens (including phenoxy) is 1. The van der Waals surface area contributed by atoms with Crippen LogP contribution in [0.5, 0.6) is 5.75 Å². The fraction of sp³-hybridized carbons (Fsp3) is 0.600. The number of fused-ring (bicyclic) bond motifs is 1. The van der Waals surface area contributed by atoms with Gasteiger partial charge in [0.2, 0.25) is 0 Å². The third kappa shape index (κ3) is 4.20. The molecule has 1 aliphatic rings. The molecule has 0 saturated heterocycles. The van der Waals surface area contributed by atoms with Crippen molar-refractivity contribution in [2.45, 2.75) is 38.8 Å². The molecule has 1 aliphatic heterocycles. The van der Waals surface area contributed by atoms with E-state index in [1.165, 1.54) is 5.56 Å². The molecule has 0 fully saturated rings. The van der Waals surface area contributed by atoms with Gasteiger partial charge in [-0.25, -0.2) is 0 Å². The van der Waals surface area contributed by atoms with Crippen LogP contribution in [-0.4, -0.2) is 24.4 Å². The Morgan fingerprint density at radius 3 is 3.00 bits per heavy atom. The van der Waals surface area contributed by atoms with E-state index < -0.39 is 0 Å². The Bertz CT molecular complexity index is 423. The van der Waals surface area contributed by atoms with E-state index in [0.29, 0.717) is 12.5 Å². The number of hydrogen-bond acceptors (Lipinski definition) is 3. The van der Waals surface area contributed by atoms with Gasteiger partial charge < -0.3 is 15.2 Å². The summed E-state index contributed by atoms with van der Waals surface area (Å²) in [6.07, 6.45) is 1.50. The highest BCUT2D eigenvalue weighted by Crippen LogP contribution is 2.34. The predicted octanol–water partition coefficient (Wildman–Crippen LogP) is 3.27. The van der Waals surface area contributed by atoms with Crippen LogP contribution in [0.4, 0.5) is 0 Å². The largest absolute Gasteiger partial charge is 0.493 e. The van der Waals surface area contributed by atoms with Crippen molar-refractivity contribution >= 4 is 15.9 Å². The highest BCUT2D eigenvalue weighted by molar-refractivity contribution is 9.10. The van der Waals surface area contributed by atoms with Crippen LogP contribution in [-0.2, 0) is 0 Å². The number of rotatable bonds is 5. The summed E-state index contributed by atoms with van der Waals surface area (Å²) in [5.41, 5.74) is 1.18. The topological polar surface area (TPSA) is 41.5 Å². The van der Waals surface area contributed by atoms with Crippen LogP contribution in [0.15, 0.2) is 22.7 Å². The summed E-state index contributed by atoms with van der Waals surface area (Å²) < 4.78 is 6.72. The molecule has 2 atom stereocenters. The zero-order valence-electron chi connectivity index (χ0n) is 11.5. The molecule has 0 aliphatic carbocycles. The lowest BCUT2D eigenvalue weighted by Gasteiger charge is -2.28. The smallest absolute Gasteiger partial charge is 0.124 e. The van der Waals surface area contributed by atoms with Crippen molar-refractivity contribution in [3.8, 4) is 5.75 Å². The van der Waals surface area contributed by atoms with Crippen molar-refractivity contribution in [3.63, 3.8) is 0 Å². The molecule has 0 aromatic heterocycles. The summed E-state index contributed by atoms with van der Waals surface area (Å²) >= 11 is 3.50. The van der Waals surface area contributed by atoms with Gasteiger partial charge in [-0.15, -0.1) is 0 Å². The molecule has 2 rings (SSSR count). The lowest BCUT2D eigenvalue weighted by molar-refractivity contribution is 0.138. The molecule has 4 heteroatoms. The first-order chi connectivity index (χ1) is 9.06. The normalized spacial score (nSPS) is 19.9. The van der Waals surface area contributed by atoms with Crippen LogP contribution in [0, 0.1) is 5.92 Å². The van der Waals surface area contributed by atoms with Crippen molar-refractivity contribution in [1.82, 2.24) is 5.32 Å². The minimum atomic E-state index is -0.279. The van der Waals surface area contributed by atoms with Gasteiger partial charge in [-0.2, -0.15) is 0 Å². The molecule has 0 radical (unpaired) electrons. The third-order valence-corrected chi connectivity index (χ3v) is 3.85. The minimum absolute atomic E-state index is 0.267. The number of aliphatic hydroxyl groups excluding tert-OH is 1. The van der Waals surface area contributed by atoms with Gasteiger partial charge in [0.05, 0.1) is 12.7 Å². The molecular weight excluding hydrogens is 306 g/mol. The average molecular weight is 328 g/mol. The Morgan fingerprint density at radius 2 is 2.26 bits per heavy atom. The Hall–Kier alpha value is -0.580. The van der Waals surface area contributed by atoms with Gasteiger partial charge in [0, 0.05) is 29.0 Å². The van der Waals surface area contributed by atoms with Gasteiger partial charge in [0.25, 0.3) is 0 Å². The maximum atomic E-state index is 9.95. The fourth-order valence-corrected chi connectivity index (χ4v) is 2.86. The lowest BCUT2D eigenvalue weighted by Crippen LogP contribution is -2.33. The summed E-state index contributed by atoms with van der Waals surface area (Å²) in [7, 11) is 0. The molecule has 2 N–H and O–H groups in total. The second-order valence-corrected chi connectivity index (χ2v) is 6.48. The van der Waals surface area contributed by atoms with Crippen LogP contribution in [0.2, 0.25) is 0 Å². The van der Waals surface area contributed by atoms with Crippen LogP contribution >= 0.6 is 15.9 Å². The molecule has 3 nitrogen and oxygen atoms in total. The van der Waals surface area contributed by atoms with Crippen LogP contribution in [0.25, 0.3) is 0 Å². The number of hydrogen-bond donors (Lipinski definition) is 2. The standard InChI is InChI=1S/C15H22BrNO2/c1-10(2)7-12(18)9-17-14-5-6-19-15-4-3-11(16)8-13(14)15/h3-4,8,10,12,14,17-18H,5-7,9H2,1-2H3. The molecule has 0 spiro atoms. The molecule has 2 unspecified atom stereocenters. The van der Waals surface area contributed by atoms with E-state index in [4.69, 9.17) is 4.74 Å². The Balaban J connectivity index is 1.97. The van der Waals surface area contributed by atoms with E-state index >= 15 is 0 Å². The molecule has 0 saturated carbocycles. The first-order valence-corrected chi connectivity index (χ1v) is 7.69. The maximum absolute atomic E-state index is 9.95. The maximum Gasteiger partial charge on any atom is 0.124 e. The molecule has 1 aromatic rings. The molecule has 1 aromatic carbocycles. The summed E-state index contributed by atoms with van der Waals surface area (Å²) in [5.74, 6) is 1.47. The fourth-order valence-electron chi connectivity index (χ4n) is 2.48. The van der Waals surface area contributed by atoms with Gasteiger partial charge in [-0.05, 0) is 30.5 Å². The van der Waals surface area contributed by atoms with E-state index in [-0.39, 0.29) is 12.1 Å². The van der Waals surface area contributed by atoms with Gasteiger partial charge in [0.15, 0.2) is 0 Å². The first-order valence-electron chi connectivity index (χ1n) is 6.90. The van der Waals surface area contributed by atoms with E-state index in [0.717, 1.165) is 29.7 Å². The van der Waals surface area contributed by atoms with E-state index in [2.05, 4.69) is 41.2 Å². The first kappa shape index (κ1) is 14.8. The average Bonchev–Trinajstić information content (AvgIpc) is 2.35.